The molecule has 194 valence electrons. The summed E-state index contributed by atoms with van der Waals surface area (Å²) in [6, 6.07) is -0.00786. The van der Waals surface area contributed by atoms with Crippen LogP contribution in [0, 0.1) is 17.5 Å². The van der Waals surface area contributed by atoms with E-state index in [1.807, 2.05) is 0 Å². The van der Waals surface area contributed by atoms with Crippen LogP contribution in [0.3, 0.4) is 0 Å². The van der Waals surface area contributed by atoms with Gasteiger partial charge in [0, 0.05) is 38.2 Å². The Morgan fingerprint density at radius 1 is 1.11 bits per heavy atom. The van der Waals surface area contributed by atoms with Crippen molar-refractivity contribution in [3.8, 4) is 0 Å². The molecule has 1 aliphatic rings. The number of aromatic nitrogens is 2. The second-order valence-corrected chi connectivity index (χ2v) is 7.54. The van der Waals surface area contributed by atoms with Crippen LogP contribution < -0.4 is 11.5 Å². The molecule has 15 heteroatoms. The molecular weight excluding hydrogens is 488 g/mol. The minimum absolute atomic E-state index is 0.0972. The summed E-state index contributed by atoms with van der Waals surface area (Å²) in [6.45, 7) is -0.449. The van der Waals surface area contributed by atoms with Gasteiger partial charge in [-0.2, -0.15) is 13.2 Å². The lowest BCUT2D eigenvalue weighted by molar-refractivity contribution is -0.148. The molecular formula is C20H23F6N5O4. The highest BCUT2D eigenvalue weighted by Crippen LogP contribution is 2.32. The first-order valence-corrected chi connectivity index (χ1v) is 10.2. The topological polar surface area (TPSA) is 148 Å². The number of aliphatic hydroxyl groups is 1. The Morgan fingerprint density at radius 2 is 1.71 bits per heavy atom. The molecule has 0 radical (unpaired) electrons. The molecule has 0 bridgehead atoms. The number of carboxylic acids is 1. The number of benzene rings is 1. The number of imidazole rings is 1. The average molecular weight is 511 g/mol. The van der Waals surface area contributed by atoms with Crippen LogP contribution in [0.4, 0.5) is 26.3 Å². The van der Waals surface area contributed by atoms with Gasteiger partial charge in [-0.1, -0.05) is 0 Å². The number of hydrogen-bond acceptors (Lipinski definition) is 6. The van der Waals surface area contributed by atoms with E-state index in [1.165, 1.54) is 0 Å². The van der Waals surface area contributed by atoms with Crippen molar-refractivity contribution in [3.05, 3.63) is 52.4 Å². The summed E-state index contributed by atoms with van der Waals surface area (Å²) in [5.74, 6) is -7.33. The highest BCUT2D eigenvalue weighted by molar-refractivity contribution is 5.87. The zero-order valence-electron chi connectivity index (χ0n) is 18.2. The van der Waals surface area contributed by atoms with E-state index >= 15 is 0 Å². The van der Waals surface area contributed by atoms with Crippen LogP contribution in [-0.2, 0) is 30.5 Å². The molecule has 3 rings (SSSR count). The lowest BCUT2D eigenvalue weighted by atomic mass is 10.0. The van der Waals surface area contributed by atoms with Gasteiger partial charge in [0.25, 0.3) is 0 Å². The van der Waals surface area contributed by atoms with E-state index in [0.717, 1.165) is 4.90 Å². The number of carbonyl (C=O) groups excluding carboxylic acids is 1. The molecule has 0 saturated carbocycles. The summed E-state index contributed by atoms with van der Waals surface area (Å²) < 4.78 is 80.1. The van der Waals surface area contributed by atoms with Crippen LogP contribution in [0.1, 0.15) is 34.0 Å². The first-order chi connectivity index (χ1) is 16.3. The van der Waals surface area contributed by atoms with Crippen LogP contribution >= 0.6 is 0 Å². The van der Waals surface area contributed by atoms with Crippen molar-refractivity contribution < 1.29 is 46.1 Å². The second kappa shape index (κ2) is 11.5. The molecule has 0 spiro atoms. The van der Waals surface area contributed by atoms with Gasteiger partial charge < -0.3 is 31.1 Å². The zero-order valence-corrected chi connectivity index (χ0v) is 18.2. The molecule has 2 aromatic rings. The number of carboxylic acid groups (broad SMARTS) is 1. The standard InChI is InChI=1S/C18H16F6N4O3.C2H7NO/c19-10-6-12(21)11(20)4-8(10)3-9(25)5-14(29)27-1-2-28-13(7-27)15(16(30)31)26-17(28)18(22,23)24;3-1-2-4/h4,6,9H,1-3,5,7,25H2,(H,30,31);4H,1-3H2. The largest absolute Gasteiger partial charge is 0.476 e. The fourth-order valence-corrected chi connectivity index (χ4v) is 3.40. The number of aromatic carboxylic acids is 1. The predicted octanol–water partition coefficient (Wildman–Crippen LogP) is 1.26. The average Bonchev–Trinajstić information content (AvgIpc) is 3.17. The maximum atomic E-state index is 13.8. The predicted molar refractivity (Wildman–Crippen MR) is 108 cm³/mol. The van der Waals surface area contributed by atoms with Crippen LogP contribution in [0.2, 0.25) is 0 Å². The number of amides is 1. The summed E-state index contributed by atoms with van der Waals surface area (Å²) in [5.41, 5.74) is 9.27. The van der Waals surface area contributed by atoms with Crippen LogP contribution in [0.15, 0.2) is 12.1 Å². The Labute approximate surface area is 194 Å². The fourth-order valence-electron chi connectivity index (χ4n) is 3.40. The second-order valence-electron chi connectivity index (χ2n) is 7.54. The monoisotopic (exact) mass is 511 g/mol. The van der Waals surface area contributed by atoms with Crippen molar-refractivity contribution in [2.24, 2.45) is 11.5 Å². The lowest BCUT2D eigenvalue weighted by Crippen LogP contribution is -2.42. The number of nitrogens with two attached hydrogens (primary N) is 2. The molecule has 6 N–H and O–H groups in total. The molecule has 1 atom stereocenters. The number of hydrogen-bond donors (Lipinski definition) is 4. The summed E-state index contributed by atoms with van der Waals surface area (Å²) in [5, 5.41) is 16.9. The quantitative estimate of drug-likeness (QED) is 0.337. The number of fused-ring (bicyclic) bond motifs is 1. The Bertz CT molecular complexity index is 1070. The van der Waals surface area contributed by atoms with E-state index in [1.54, 1.807) is 0 Å². The summed E-state index contributed by atoms with van der Waals surface area (Å²) in [4.78, 5) is 28.1. The SMILES string of the molecule is NC(CC(=O)N1CCn2c(C(F)(F)F)nc(C(=O)O)c2C1)Cc1cc(F)c(F)cc1F.NCCO. The Balaban J connectivity index is 0.00000100. The van der Waals surface area contributed by atoms with E-state index in [0.29, 0.717) is 23.2 Å². The number of rotatable bonds is 6. The molecule has 0 saturated heterocycles. The van der Waals surface area contributed by atoms with Gasteiger partial charge in [0.2, 0.25) is 11.7 Å². The maximum absolute atomic E-state index is 13.8. The minimum Gasteiger partial charge on any atom is -0.476 e. The molecule has 1 aliphatic heterocycles. The molecule has 2 heterocycles. The van der Waals surface area contributed by atoms with Gasteiger partial charge in [0.15, 0.2) is 17.3 Å². The summed E-state index contributed by atoms with van der Waals surface area (Å²) >= 11 is 0. The third-order valence-corrected chi connectivity index (χ3v) is 4.95. The van der Waals surface area contributed by atoms with E-state index in [9.17, 15) is 35.9 Å². The maximum Gasteiger partial charge on any atom is 0.449 e. The van der Waals surface area contributed by atoms with Crippen LogP contribution in [0.5, 0.6) is 0 Å². The molecule has 9 nitrogen and oxygen atoms in total. The molecule has 1 aromatic carbocycles. The first-order valence-electron chi connectivity index (χ1n) is 10.2. The van der Waals surface area contributed by atoms with Crippen LogP contribution in [0.25, 0.3) is 0 Å². The molecule has 1 amide bonds. The fraction of sp³-hybridized carbons (Fsp3) is 0.450. The first kappa shape index (κ1) is 28.1. The number of alkyl halides is 3. The summed E-state index contributed by atoms with van der Waals surface area (Å²) in [7, 11) is 0. The Hall–Kier alpha value is -3.17. The van der Waals surface area contributed by atoms with Crippen LogP contribution in [-0.4, -0.2) is 62.3 Å². The number of nitrogens with zero attached hydrogens (tertiary/aromatic N) is 3. The van der Waals surface area contributed by atoms with Gasteiger partial charge in [-0.15, -0.1) is 0 Å². The number of carbonyl (C=O) groups is 2. The zero-order chi connectivity index (χ0) is 26.5. The van der Waals surface area contributed by atoms with E-state index in [2.05, 4.69) is 4.98 Å². The summed E-state index contributed by atoms with van der Waals surface area (Å²) in [6.07, 6.45) is -5.54. The van der Waals surface area contributed by atoms with Crippen molar-refractivity contribution in [1.29, 1.82) is 0 Å². The van der Waals surface area contributed by atoms with Crippen molar-refractivity contribution in [2.75, 3.05) is 19.7 Å². The van der Waals surface area contributed by atoms with Crippen molar-refractivity contribution in [3.63, 3.8) is 0 Å². The Morgan fingerprint density at radius 3 is 2.26 bits per heavy atom. The van der Waals surface area contributed by atoms with Gasteiger partial charge in [-0.25, -0.2) is 22.9 Å². The molecule has 1 aromatic heterocycles. The highest BCUT2D eigenvalue weighted by Gasteiger charge is 2.41. The van der Waals surface area contributed by atoms with E-state index in [-0.39, 0.29) is 43.8 Å². The third-order valence-electron chi connectivity index (χ3n) is 4.95. The lowest BCUT2D eigenvalue weighted by Gasteiger charge is -2.30. The normalized spacial score (nSPS) is 14.1. The molecule has 0 aliphatic carbocycles. The van der Waals surface area contributed by atoms with Gasteiger partial charge in [-0.05, 0) is 18.1 Å². The number of aliphatic hydroxyl groups excluding tert-OH is 1. The van der Waals surface area contributed by atoms with Gasteiger partial charge in [-0.3, -0.25) is 4.79 Å². The van der Waals surface area contributed by atoms with Gasteiger partial charge in [0.1, 0.15) is 5.82 Å². The van der Waals surface area contributed by atoms with E-state index < -0.39 is 59.6 Å². The van der Waals surface area contributed by atoms with Gasteiger partial charge in [0.05, 0.1) is 18.8 Å². The van der Waals surface area contributed by atoms with Crippen molar-refractivity contribution in [2.45, 2.75) is 38.1 Å². The third kappa shape index (κ3) is 6.93. The van der Waals surface area contributed by atoms with E-state index in [4.69, 9.17) is 21.7 Å². The molecule has 1 unspecified atom stereocenters. The minimum atomic E-state index is -4.87. The molecule has 0 fully saturated rings. The highest BCUT2D eigenvalue weighted by atomic mass is 19.4. The Kier molecular flexibility index (Phi) is 9.23. The molecule has 35 heavy (non-hydrogen) atoms. The number of halogens is 6. The smallest absolute Gasteiger partial charge is 0.449 e. The van der Waals surface area contributed by atoms with Gasteiger partial charge >= 0.3 is 12.1 Å². The van der Waals surface area contributed by atoms with Crippen molar-refractivity contribution >= 4 is 11.9 Å². The van der Waals surface area contributed by atoms with Crippen molar-refractivity contribution in [1.82, 2.24) is 14.5 Å².